The number of nitrogens with one attached hydrogen (secondary N) is 1. The first kappa shape index (κ1) is 18.5. The molecular formula is C17H18F3NO2S. The minimum atomic E-state index is -4.41. The van der Waals surface area contributed by atoms with Crippen LogP contribution in [-0.2, 0) is 22.7 Å². The highest BCUT2D eigenvalue weighted by atomic mass is 32.2. The molecule has 3 nitrogen and oxygen atoms in total. The maximum atomic E-state index is 12.5. The molecular weight excluding hydrogens is 339 g/mol. The highest BCUT2D eigenvalue weighted by Crippen LogP contribution is 2.29. The van der Waals surface area contributed by atoms with Gasteiger partial charge in [0, 0.05) is 6.54 Å². The molecule has 0 aromatic heterocycles. The van der Waals surface area contributed by atoms with Crippen molar-refractivity contribution in [1.82, 2.24) is 4.72 Å². The van der Waals surface area contributed by atoms with Gasteiger partial charge in [-0.2, -0.15) is 13.2 Å². The number of halogens is 3. The summed E-state index contributed by atoms with van der Waals surface area (Å²) >= 11 is 0. The third kappa shape index (κ3) is 4.58. The van der Waals surface area contributed by atoms with E-state index in [4.69, 9.17) is 0 Å². The summed E-state index contributed by atoms with van der Waals surface area (Å²) in [5.74, 6) is 0.293. The molecule has 0 amide bonds. The third-order valence-electron chi connectivity index (χ3n) is 3.60. The minimum absolute atomic E-state index is 0.0770. The molecule has 0 radical (unpaired) electrons. The molecule has 0 fully saturated rings. The normalized spacial score (nSPS) is 12.6. The van der Waals surface area contributed by atoms with E-state index in [9.17, 15) is 21.6 Å². The van der Waals surface area contributed by atoms with Crippen LogP contribution in [0.2, 0.25) is 0 Å². The molecule has 2 rings (SSSR count). The monoisotopic (exact) mass is 357 g/mol. The molecule has 0 heterocycles. The van der Waals surface area contributed by atoms with Gasteiger partial charge in [0.2, 0.25) is 10.0 Å². The van der Waals surface area contributed by atoms with Crippen molar-refractivity contribution >= 4 is 10.0 Å². The Morgan fingerprint density at radius 1 is 0.958 bits per heavy atom. The van der Waals surface area contributed by atoms with Crippen molar-refractivity contribution in [2.75, 3.05) is 0 Å². The maximum Gasteiger partial charge on any atom is 0.416 e. The average Bonchev–Trinajstić information content (AvgIpc) is 2.52. The van der Waals surface area contributed by atoms with Crippen LogP contribution < -0.4 is 4.72 Å². The summed E-state index contributed by atoms with van der Waals surface area (Å²) in [6.45, 7) is 3.94. The Balaban J connectivity index is 2.07. The van der Waals surface area contributed by atoms with Gasteiger partial charge in [-0.15, -0.1) is 0 Å². The predicted molar refractivity (Wildman–Crippen MR) is 86.0 cm³/mol. The molecule has 0 bridgehead atoms. The molecule has 1 N–H and O–H groups in total. The zero-order valence-corrected chi connectivity index (χ0v) is 14.1. The van der Waals surface area contributed by atoms with Crippen LogP contribution in [0.25, 0.3) is 0 Å². The summed E-state index contributed by atoms with van der Waals surface area (Å²) in [7, 11) is -3.71. The second-order valence-corrected chi connectivity index (χ2v) is 7.51. The molecule has 0 aliphatic heterocycles. The fourth-order valence-corrected chi connectivity index (χ4v) is 3.12. The molecule has 0 saturated carbocycles. The van der Waals surface area contributed by atoms with Crippen LogP contribution in [0.15, 0.2) is 53.4 Å². The molecule has 24 heavy (non-hydrogen) atoms. The van der Waals surface area contributed by atoms with Crippen molar-refractivity contribution in [1.29, 1.82) is 0 Å². The van der Waals surface area contributed by atoms with E-state index in [1.165, 1.54) is 24.3 Å². The first-order chi connectivity index (χ1) is 11.1. The molecule has 0 saturated heterocycles. The van der Waals surface area contributed by atoms with Crippen molar-refractivity contribution in [2.45, 2.75) is 37.4 Å². The number of alkyl halides is 3. The standard InChI is InChI=1S/C17H18F3NO2S/c1-12(2)14-5-9-16(10-6-14)24(22,23)21-11-13-3-7-15(8-4-13)17(18,19)20/h3-10,12,21H,11H2,1-2H3. The Morgan fingerprint density at radius 3 is 1.96 bits per heavy atom. The molecule has 2 aromatic carbocycles. The first-order valence-electron chi connectivity index (χ1n) is 7.35. The molecule has 7 heteroatoms. The van der Waals surface area contributed by atoms with Gasteiger partial charge < -0.3 is 0 Å². The fourth-order valence-electron chi connectivity index (χ4n) is 2.11. The Bertz CT molecular complexity index is 780. The van der Waals surface area contributed by atoms with Gasteiger partial charge >= 0.3 is 6.18 Å². The maximum absolute atomic E-state index is 12.5. The lowest BCUT2D eigenvalue weighted by Crippen LogP contribution is -2.23. The van der Waals surface area contributed by atoms with Gasteiger partial charge in [0.25, 0.3) is 0 Å². The largest absolute Gasteiger partial charge is 0.416 e. The van der Waals surface area contributed by atoms with Crippen LogP contribution in [0, 0.1) is 0 Å². The van der Waals surface area contributed by atoms with Crippen molar-refractivity contribution in [3.05, 3.63) is 65.2 Å². The Kier molecular flexibility index (Phi) is 5.35. The van der Waals surface area contributed by atoms with E-state index in [0.29, 0.717) is 11.5 Å². The number of rotatable bonds is 5. The van der Waals surface area contributed by atoms with E-state index in [2.05, 4.69) is 4.72 Å². The first-order valence-corrected chi connectivity index (χ1v) is 8.83. The average molecular weight is 357 g/mol. The lowest BCUT2D eigenvalue weighted by atomic mass is 10.0. The smallest absolute Gasteiger partial charge is 0.207 e. The molecule has 0 aliphatic carbocycles. The van der Waals surface area contributed by atoms with Gasteiger partial charge in [0.1, 0.15) is 0 Å². The second-order valence-electron chi connectivity index (χ2n) is 5.74. The zero-order valence-electron chi connectivity index (χ0n) is 13.3. The topological polar surface area (TPSA) is 46.2 Å². The summed E-state index contributed by atoms with van der Waals surface area (Å²) in [6.07, 6.45) is -4.41. The van der Waals surface area contributed by atoms with Gasteiger partial charge in [-0.1, -0.05) is 38.1 Å². The summed E-state index contributed by atoms with van der Waals surface area (Å²) in [4.78, 5) is 0.124. The highest BCUT2D eigenvalue weighted by molar-refractivity contribution is 7.89. The fraction of sp³-hybridized carbons (Fsp3) is 0.294. The van der Waals surface area contributed by atoms with Gasteiger partial charge in [-0.3, -0.25) is 0 Å². The number of hydrogen-bond acceptors (Lipinski definition) is 2. The number of benzene rings is 2. The Hall–Kier alpha value is -1.86. The van der Waals surface area contributed by atoms with E-state index >= 15 is 0 Å². The summed E-state index contributed by atoms with van der Waals surface area (Å²) < 4.78 is 64.3. The highest BCUT2D eigenvalue weighted by Gasteiger charge is 2.29. The lowest BCUT2D eigenvalue weighted by Gasteiger charge is -2.10. The third-order valence-corrected chi connectivity index (χ3v) is 5.02. The van der Waals surface area contributed by atoms with E-state index in [1.807, 2.05) is 13.8 Å². The number of sulfonamides is 1. The quantitative estimate of drug-likeness (QED) is 0.867. The molecule has 130 valence electrons. The molecule has 0 unspecified atom stereocenters. The van der Waals surface area contributed by atoms with Gasteiger partial charge in [0.05, 0.1) is 10.5 Å². The molecule has 0 atom stereocenters. The van der Waals surface area contributed by atoms with Crippen molar-refractivity contribution in [3.63, 3.8) is 0 Å². The van der Waals surface area contributed by atoms with Gasteiger partial charge in [-0.25, -0.2) is 13.1 Å². The molecule has 0 aliphatic rings. The summed E-state index contributed by atoms with van der Waals surface area (Å²) in [5, 5.41) is 0. The van der Waals surface area contributed by atoms with Crippen LogP contribution in [-0.4, -0.2) is 8.42 Å². The van der Waals surface area contributed by atoms with Crippen LogP contribution in [0.5, 0.6) is 0 Å². The summed E-state index contributed by atoms with van der Waals surface area (Å²) in [5.41, 5.74) is 0.709. The number of hydrogen-bond donors (Lipinski definition) is 1. The van der Waals surface area contributed by atoms with E-state index in [0.717, 1.165) is 17.7 Å². The summed E-state index contributed by atoms with van der Waals surface area (Å²) in [6, 6.07) is 10.9. The van der Waals surface area contributed by atoms with Crippen molar-refractivity contribution in [3.8, 4) is 0 Å². The molecule has 0 spiro atoms. The van der Waals surface area contributed by atoms with Crippen molar-refractivity contribution < 1.29 is 21.6 Å². The lowest BCUT2D eigenvalue weighted by molar-refractivity contribution is -0.137. The van der Waals surface area contributed by atoms with Gasteiger partial charge in [-0.05, 0) is 41.3 Å². The van der Waals surface area contributed by atoms with Gasteiger partial charge in [0.15, 0.2) is 0 Å². The Labute approximate surface area is 139 Å². The molecule has 2 aromatic rings. The van der Waals surface area contributed by atoms with E-state index in [1.54, 1.807) is 12.1 Å². The van der Waals surface area contributed by atoms with Crippen LogP contribution in [0.4, 0.5) is 13.2 Å². The SMILES string of the molecule is CC(C)c1ccc(S(=O)(=O)NCc2ccc(C(F)(F)F)cc2)cc1. The van der Waals surface area contributed by atoms with Crippen molar-refractivity contribution in [2.24, 2.45) is 0 Å². The predicted octanol–water partition coefficient (Wildman–Crippen LogP) is 4.31. The zero-order chi connectivity index (χ0) is 18.0. The van der Waals surface area contributed by atoms with Crippen LogP contribution >= 0.6 is 0 Å². The van der Waals surface area contributed by atoms with E-state index < -0.39 is 21.8 Å². The van der Waals surface area contributed by atoms with Crippen LogP contribution in [0.3, 0.4) is 0 Å². The Morgan fingerprint density at radius 2 is 1.50 bits per heavy atom. The second kappa shape index (κ2) is 6.94. The minimum Gasteiger partial charge on any atom is -0.207 e. The van der Waals surface area contributed by atoms with Crippen LogP contribution in [0.1, 0.15) is 36.5 Å². The van der Waals surface area contributed by atoms with E-state index in [-0.39, 0.29) is 11.4 Å².